The molecule has 0 aromatic heterocycles. The van der Waals surface area contributed by atoms with Crippen molar-refractivity contribution in [2.24, 2.45) is 0 Å². The van der Waals surface area contributed by atoms with Crippen LogP contribution in [0.4, 0.5) is 0 Å². The number of rotatable bonds is 5. The van der Waals surface area contributed by atoms with Crippen LogP contribution in [0.2, 0.25) is 0 Å². The second-order valence-corrected chi connectivity index (χ2v) is 4.27. The number of carboxylic acid groups (broad SMARTS) is 1. The first-order chi connectivity index (χ1) is 7.57. The Balaban J connectivity index is 2.78. The number of carbonyl (C=O) groups excluding carboxylic acids is 2. The summed E-state index contributed by atoms with van der Waals surface area (Å²) in [6, 6.07) is -1.07. The molecule has 1 aliphatic heterocycles. The Bertz CT molecular complexity index is 290. The number of hydrogen-bond donors (Lipinski definition) is 1. The Labute approximate surface area is 96.9 Å². The maximum absolute atomic E-state index is 11.4. The lowest BCUT2D eigenvalue weighted by Crippen LogP contribution is -2.54. The lowest BCUT2D eigenvalue weighted by molar-refractivity contribution is -0.168. The quantitative estimate of drug-likeness (QED) is 0.664. The van der Waals surface area contributed by atoms with Crippen molar-refractivity contribution in [2.45, 2.75) is 12.5 Å². The van der Waals surface area contributed by atoms with Gasteiger partial charge in [-0.2, -0.15) is 11.8 Å². The van der Waals surface area contributed by atoms with Crippen LogP contribution in [-0.2, 0) is 19.1 Å². The van der Waals surface area contributed by atoms with Crippen molar-refractivity contribution in [3.8, 4) is 0 Å². The molecule has 90 valence electrons. The number of morpholine rings is 1. The zero-order chi connectivity index (χ0) is 12.1. The molecule has 1 saturated heterocycles. The van der Waals surface area contributed by atoms with Crippen molar-refractivity contribution in [3.05, 3.63) is 0 Å². The van der Waals surface area contributed by atoms with Gasteiger partial charge >= 0.3 is 5.97 Å². The van der Waals surface area contributed by atoms with E-state index in [0.717, 1.165) is 4.90 Å². The van der Waals surface area contributed by atoms with Gasteiger partial charge in [-0.25, -0.2) is 4.79 Å². The van der Waals surface area contributed by atoms with Crippen LogP contribution in [0.3, 0.4) is 0 Å². The summed E-state index contributed by atoms with van der Waals surface area (Å²) in [5, 5.41) is 8.99. The number of thioether (sulfide) groups is 1. The van der Waals surface area contributed by atoms with Gasteiger partial charge in [0.25, 0.3) is 11.8 Å². The van der Waals surface area contributed by atoms with Gasteiger partial charge in [0.15, 0.2) is 0 Å². The molecule has 7 heteroatoms. The lowest BCUT2D eigenvalue weighted by atomic mass is 10.1. The van der Waals surface area contributed by atoms with E-state index in [4.69, 9.17) is 9.84 Å². The molecule has 6 nitrogen and oxygen atoms in total. The third-order valence-electron chi connectivity index (χ3n) is 2.18. The van der Waals surface area contributed by atoms with Crippen molar-refractivity contribution in [1.82, 2.24) is 4.90 Å². The topological polar surface area (TPSA) is 83.9 Å². The maximum atomic E-state index is 11.4. The third-order valence-corrected chi connectivity index (χ3v) is 2.82. The fourth-order valence-corrected chi connectivity index (χ4v) is 1.90. The average molecular weight is 247 g/mol. The fraction of sp³-hybridized carbons (Fsp3) is 0.667. The zero-order valence-electron chi connectivity index (χ0n) is 8.84. The molecule has 1 heterocycles. The van der Waals surface area contributed by atoms with Gasteiger partial charge in [0.05, 0.1) is 0 Å². The Morgan fingerprint density at radius 1 is 1.50 bits per heavy atom. The molecule has 0 spiro atoms. The lowest BCUT2D eigenvalue weighted by Gasteiger charge is -2.30. The minimum Gasteiger partial charge on any atom is -0.480 e. The number of carboxylic acids is 1. The van der Waals surface area contributed by atoms with E-state index in [1.165, 1.54) is 11.8 Å². The Morgan fingerprint density at radius 3 is 2.50 bits per heavy atom. The van der Waals surface area contributed by atoms with E-state index in [1.54, 1.807) is 0 Å². The second-order valence-electron chi connectivity index (χ2n) is 3.29. The van der Waals surface area contributed by atoms with Crippen LogP contribution in [0, 0.1) is 0 Å². The largest absolute Gasteiger partial charge is 0.480 e. The van der Waals surface area contributed by atoms with Gasteiger partial charge in [-0.1, -0.05) is 0 Å². The van der Waals surface area contributed by atoms with Crippen LogP contribution in [0.15, 0.2) is 0 Å². The first-order valence-electron chi connectivity index (χ1n) is 4.72. The van der Waals surface area contributed by atoms with Crippen molar-refractivity contribution in [2.75, 3.05) is 25.2 Å². The zero-order valence-corrected chi connectivity index (χ0v) is 9.66. The number of imide groups is 1. The molecule has 0 radical (unpaired) electrons. The van der Waals surface area contributed by atoms with Gasteiger partial charge < -0.3 is 9.84 Å². The van der Waals surface area contributed by atoms with E-state index in [1.807, 2.05) is 6.26 Å². The molecule has 0 saturated carbocycles. The van der Waals surface area contributed by atoms with Gasteiger partial charge in [-0.15, -0.1) is 0 Å². The number of amides is 2. The van der Waals surface area contributed by atoms with E-state index in [2.05, 4.69) is 0 Å². The van der Waals surface area contributed by atoms with E-state index >= 15 is 0 Å². The molecule has 2 amide bonds. The highest BCUT2D eigenvalue weighted by Crippen LogP contribution is 2.12. The van der Waals surface area contributed by atoms with Gasteiger partial charge in [0.1, 0.15) is 19.3 Å². The maximum Gasteiger partial charge on any atom is 0.326 e. The fourth-order valence-electron chi connectivity index (χ4n) is 1.44. The number of aliphatic carboxylic acids is 1. The second kappa shape index (κ2) is 5.86. The summed E-state index contributed by atoms with van der Waals surface area (Å²) in [5.74, 6) is -1.73. The van der Waals surface area contributed by atoms with Gasteiger partial charge in [-0.3, -0.25) is 14.5 Å². The average Bonchev–Trinajstić information content (AvgIpc) is 2.21. The Morgan fingerprint density at radius 2 is 2.06 bits per heavy atom. The highest BCUT2D eigenvalue weighted by molar-refractivity contribution is 7.98. The highest BCUT2D eigenvalue weighted by Gasteiger charge is 2.36. The summed E-state index contributed by atoms with van der Waals surface area (Å²) >= 11 is 1.47. The van der Waals surface area contributed by atoms with Crippen molar-refractivity contribution >= 4 is 29.5 Å². The molecule has 1 N–H and O–H groups in total. The number of carbonyl (C=O) groups is 3. The number of hydrogen-bond acceptors (Lipinski definition) is 5. The summed E-state index contributed by atoms with van der Waals surface area (Å²) in [7, 11) is 0. The molecular weight excluding hydrogens is 234 g/mol. The number of nitrogens with zero attached hydrogens (tertiary/aromatic N) is 1. The van der Waals surface area contributed by atoms with Crippen molar-refractivity contribution in [3.63, 3.8) is 0 Å². The highest BCUT2D eigenvalue weighted by atomic mass is 32.2. The smallest absolute Gasteiger partial charge is 0.326 e. The van der Waals surface area contributed by atoms with Gasteiger partial charge in [-0.05, 0) is 18.4 Å². The van der Waals surface area contributed by atoms with Crippen LogP contribution in [-0.4, -0.2) is 59.1 Å². The van der Waals surface area contributed by atoms with Crippen LogP contribution in [0.25, 0.3) is 0 Å². The molecule has 0 aliphatic carbocycles. The van der Waals surface area contributed by atoms with Crippen LogP contribution in [0.1, 0.15) is 6.42 Å². The first kappa shape index (κ1) is 13.0. The minimum atomic E-state index is -1.15. The predicted molar refractivity (Wildman–Crippen MR) is 57.1 cm³/mol. The summed E-state index contributed by atoms with van der Waals surface area (Å²) in [4.78, 5) is 34.7. The molecule has 1 fully saturated rings. The minimum absolute atomic E-state index is 0.227. The van der Waals surface area contributed by atoms with Crippen molar-refractivity contribution in [1.29, 1.82) is 0 Å². The van der Waals surface area contributed by atoms with E-state index in [0.29, 0.717) is 5.75 Å². The predicted octanol–water partition coefficient (Wildman–Crippen LogP) is -0.422. The van der Waals surface area contributed by atoms with Crippen molar-refractivity contribution < 1.29 is 24.2 Å². The summed E-state index contributed by atoms with van der Waals surface area (Å²) < 4.78 is 4.72. The summed E-state index contributed by atoms with van der Waals surface area (Å²) in [6.45, 7) is -0.455. The molecule has 1 rings (SSSR count). The monoisotopic (exact) mass is 247 g/mol. The molecule has 1 aliphatic rings. The Kier molecular flexibility index (Phi) is 4.75. The molecular formula is C9H13NO5S. The summed E-state index contributed by atoms with van der Waals surface area (Å²) in [5.41, 5.74) is 0. The summed E-state index contributed by atoms with van der Waals surface area (Å²) in [6.07, 6.45) is 2.09. The molecule has 0 aromatic rings. The third kappa shape index (κ3) is 2.96. The van der Waals surface area contributed by atoms with E-state index < -0.39 is 23.8 Å². The van der Waals surface area contributed by atoms with Gasteiger partial charge in [0, 0.05) is 0 Å². The van der Waals surface area contributed by atoms with Crippen LogP contribution < -0.4 is 0 Å². The van der Waals surface area contributed by atoms with Gasteiger partial charge in [0.2, 0.25) is 0 Å². The molecule has 1 atom stereocenters. The molecule has 1 unspecified atom stereocenters. The normalized spacial score (nSPS) is 18.7. The molecule has 0 aromatic carbocycles. The van der Waals surface area contributed by atoms with Crippen LogP contribution in [0.5, 0.6) is 0 Å². The Hall–Kier alpha value is -1.08. The van der Waals surface area contributed by atoms with E-state index in [9.17, 15) is 14.4 Å². The van der Waals surface area contributed by atoms with E-state index in [-0.39, 0.29) is 19.6 Å². The van der Waals surface area contributed by atoms with Crippen LogP contribution >= 0.6 is 11.8 Å². The molecule has 0 bridgehead atoms. The number of ether oxygens (including phenoxy) is 1. The first-order valence-corrected chi connectivity index (χ1v) is 6.11. The standard InChI is InChI=1S/C9H13NO5S/c1-16-3-2-6(9(13)14)10-7(11)4-15-5-8(10)12/h6H,2-5H2,1H3,(H,13,14). The SMILES string of the molecule is CSCCC(C(=O)O)N1C(=O)COCC1=O. The molecule has 16 heavy (non-hydrogen) atoms.